The normalized spacial score (nSPS) is 12.7. The zero-order valence-electron chi connectivity index (χ0n) is 13.3. The summed E-state index contributed by atoms with van der Waals surface area (Å²) >= 11 is 6.33. The van der Waals surface area contributed by atoms with Gasteiger partial charge in [0.05, 0.1) is 0 Å². The molecule has 0 saturated heterocycles. The van der Waals surface area contributed by atoms with Crippen LogP contribution in [-0.2, 0) is 6.54 Å². The number of nitrogens with zero attached hydrogens (tertiary/aromatic N) is 2. The van der Waals surface area contributed by atoms with Crippen LogP contribution in [0.4, 0.5) is 0 Å². The van der Waals surface area contributed by atoms with Gasteiger partial charge >= 0.3 is 0 Å². The van der Waals surface area contributed by atoms with Gasteiger partial charge in [0.2, 0.25) is 0 Å². The maximum absolute atomic E-state index is 8.70. The number of amidine groups is 1. The Labute approximate surface area is 132 Å². The molecule has 1 rings (SSSR count). The van der Waals surface area contributed by atoms with Crippen molar-refractivity contribution in [2.24, 2.45) is 22.7 Å². The van der Waals surface area contributed by atoms with E-state index in [-0.39, 0.29) is 5.84 Å². The summed E-state index contributed by atoms with van der Waals surface area (Å²) in [5.41, 5.74) is 7.27. The fraction of sp³-hybridized carbons (Fsp3) is 0.562. The van der Waals surface area contributed by atoms with Gasteiger partial charge in [-0.25, -0.2) is 0 Å². The second-order valence-electron chi connectivity index (χ2n) is 6.27. The third-order valence-corrected chi connectivity index (χ3v) is 3.45. The topological polar surface area (TPSA) is 61.8 Å². The first-order valence-corrected chi connectivity index (χ1v) is 7.70. The Kier molecular flexibility index (Phi) is 6.99. The van der Waals surface area contributed by atoms with Gasteiger partial charge in [-0.2, -0.15) is 0 Å². The molecule has 0 heterocycles. The molecule has 1 aromatic carbocycles. The van der Waals surface area contributed by atoms with E-state index >= 15 is 0 Å². The smallest absolute Gasteiger partial charge is 0.170 e. The van der Waals surface area contributed by atoms with E-state index in [0.29, 0.717) is 22.4 Å². The van der Waals surface area contributed by atoms with Crippen molar-refractivity contribution in [2.45, 2.75) is 34.2 Å². The Bertz CT molecular complexity index is 476. The number of halogens is 1. The summed E-state index contributed by atoms with van der Waals surface area (Å²) in [6.45, 7) is 11.8. The van der Waals surface area contributed by atoms with E-state index in [1.165, 1.54) is 0 Å². The van der Waals surface area contributed by atoms with Crippen LogP contribution >= 0.6 is 11.6 Å². The van der Waals surface area contributed by atoms with Crippen molar-refractivity contribution in [3.63, 3.8) is 0 Å². The van der Waals surface area contributed by atoms with Crippen LogP contribution in [0.2, 0.25) is 5.02 Å². The van der Waals surface area contributed by atoms with Crippen LogP contribution in [0.25, 0.3) is 0 Å². The number of benzene rings is 1. The number of oxime groups is 1. The monoisotopic (exact) mass is 311 g/mol. The lowest BCUT2D eigenvalue weighted by Crippen LogP contribution is -2.31. The molecule has 0 spiro atoms. The summed E-state index contributed by atoms with van der Waals surface area (Å²) in [5.74, 6) is 1.29. The molecule has 0 aliphatic heterocycles. The molecular formula is C16H26ClN3O. The molecule has 0 unspecified atom stereocenters. The van der Waals surface area contributed by atoms with Gasteiger partial charge < -0.3 is 10.9 Å². The Hall–Kier alpha value is -1.26. The average Bonchev–Trinajstić information content (AvgIpc) is 2.38. The summed E-state index contributed by atoms with van der Waals surface area (Å²) < 4.78 is 0. The fourth-order valence-electron chi connectivity index (χ4n) is 2.37. The van der Waals surface area contributed by atoms with E-state index in [0.717, 1.165) is 25.2 Å². The quantitative estimate of drug-likeness (QED) is 0.350. The van der Waals surface area contributed by atoms with Crippen molar-refractivity contribution >= 4 is 17.4 Å². The molecule has 0 bridgehead atoms. The first-order valence-electron chi connectivity index (χ1n) is 7.32. The molecule has 3 N–H and O–H groups in total. The van der Waals surface area contributed by atoms with E-state index < -0.39 is 0 Å². The van der Waals surface area contributed by atoms with Gasteiger partial charge in [0.15, 0.2) is 5.84 Å². The average molecular weight is 312 g/mol. The van der Waals surface area contributed by atoms with Gasteiger partial charge in [0, 0.05) is 30.2 Å². The Balaban J connectivity index is 2.88. The van der Waals surface area contributed by atoms with Crippen molar-refractivity contribution in [2.75, 3.05) is 13.1 Å². The van der Waals surface area contributed by atoms with Crippen molar-refractivity contribution < 1.29 is 5.21 Å². The predicted octanol–water partition coefficient (Wildman–Crippen LogP) is 3.55. The Morgan fingerprint density at radius 3 is 2.24 bits per heavy atom. The first kappa shape index (κ1) is 17.8. The summed E-state index contributed by atoms with van der Waals surface area (Å²) in [7, 11) is 0. The lowest BCUT2D eigenvalue weighted by Gasteiger charge is -2.26. The highest BCUT2D eigenvalue weighted by Gasteiger charge is 2.13. The molecule has 0 atom stereocenters. The molecule has 1 aromatic rings. The van der Waals surface area contributed by atoms with Gasteiger partial charge in [0.1, 0.15) is 0 Å². The van der Waals surface area contributed by atoms with E-state index in [1.807, 2.05) is 12.1 Å². The van der Waals surface area contributed by atoms with Crippen LogP contribution in [0, 0.1) is 11.8 Å². The van der Waals surface area contributed by atoms with Crippen LogP contribution in [-0.4, -0.2) is 29.0 Å². The van der Waals surface area contributed by atoms with Crippen molar-refractivity contribution in [3.8, 4) is 0 Å². The number of hydrogen-bond donors (Lipinski definition) is 2. The molecule has 0 aliphatic carbocycles. The van der Waals surface area contributed by atoms with Crippen molar-refractivity contribution in [3.05, 3.63) is 34.3 Å². The maximum Gasteiger partial charge on any atom is 0.170 e. The van der Waals surface area contributed by atoms with Crippen LogP contribution in [0.3, 0.4) is 0 Å². The summed E-state index contributed by atoms with van der Waals surface area (Å²) in [5, 5.41) is 12.3. The zero-order valence-corrected chi connectivity index (χ0v) is 14.1. The SMILES string of the molecule is CC(C)CN(Cc1ccc(/C(N)=N/O)cc1Cl)CC(C)C. The number of nitrogens with two attached hydrogens (primary N) is 1. The molecule has 0 aliphatic rings. The Morgan fingerprint density at radius 1 is 1.24 bits per heavy atom. The lowest BCUT2D eigenvalue weighted by atomic mass is 10.1. The molecule has 21 heavy (non-hydrogen) atoms. The van der Waals surface area contributed by atoms with E-state index in [4.69, 9.17) is 22.5 Å². The second-order valence-corrected chi connectivity index (χ2v) is 6.68. The molecule has 0 aromatic heterocycles. The molecule has 118 valence electrons. The zero-order chi connectivity index (χ0) is 16.0. The van der Waals surface area contributed by atoms with E-state index in [9.17, 15) is 0 Å². The van der Waals surface area contributed by atoms with Gasteiger partial charge in [-0.1, -0.05) is 56.6 Å². The van der Waals surface area contributed by atoms with Gasteiger partial charge in [-0.3, -0.25) is 4.90 Å². The second kappa shape index (κ2) is 8.25. The van der Waals surface area contributed by atoms with Crippen LogP contribution in [0.1, 0.15) is 38.8 Å². The number of rotatable bonds is 7. The van der Waals surface area contributed by atoms with E-state index in [2.05, 4.69) is 37.8 Å². The molecule has 0 amide bonds. The molecule has 0 fully saturated rings. The Morgan fingerprint density at radius 2 is 1.81 bits per heavy atom. The highest BCUT2D eigenvalue weighted by atomic mass is 35.5. The lowest BCUT2D eigenvalue weighted by molar-refractivity contribution is 0.211. The molecule has 0 saturated carbocycles. The van der Waals surface area contributed by atoms with Crippen molar-refractivity contribution in [1.29, 1.82) is 0 Å². The van der Waals surface area contributed by atoms with E-state index in [1.54, 1.807) is 6.07 Å². The third kappa shape index (κ3) is 5.94. The fourth-order valence-corrected chi connectivity index (χ4v) is 2.61. The molecule has 4 nitrogen and oxygen atoms in total. The summed E-state index contributed by atoms with van der Waals surface area (Å²) in [6.07, 6.45) is 0. The van der Waals surface area contributed by atoms with Crippen LogP contribution in [0.5, 0.6) is 0 Å². The minimum Gasteiger partial charge on any atom is -0.409 e. The van der Waals surface area contributed by atoms with Crippen LogP contribution < -0.4 is 5.73 Å². The largest absolute Gasteiger partial charge is 0.409 e. The van der Waals surface area contributed by atoms with Gasteiger partial charge in [-0.15, -0.1) is 0 Å². The number of hydrogen-bond acceptors (Lipinski definition) is 3. The first-order chi connectivity index (χ1) is 9.83. The standard InChI is InChI=1S/C16H26ClN3O/c1-11(2)8-20(9-12(3)4)10-14-6-5-13(7-15(14)17)16(18)19-21/h5-7,11-12,21H,8-10H2,1-4H3,(H2,18,19). The minimum absolute atomic E-state index is 0.0738. The van der Waals surface area contributed by atoms with Gasteiger partial charge in [0.25, 0.3) is 0 Å². The maximum atomic E-state index is 8.70. The van der Waals surface area contributed by atoms with Crippen molar-refractivity contribution in [1.82, 2.24) is 4.90 Å². The summed E-state index contributed by atoms with van der Waals surface area (Å²) in [4.78, 5) is 2.42. The minimum atomic E-state index is 0.0738. The van der Waals surface area contributed by atoms with Crippen LogP contribution in [0.15, 0.2) is 23.4 Å². The highest BCUT2D eigenvalue weighted by Crippen LogP contribution is 2.21. The molecular weight excluding hydrogens is 286 g/mol. The third-order valence-electron chi connectivity index (χ3n) is 3.10. The van der Waals surface area contributed by atoms with Gasteiger partial charge in [-0.05, 0) is 23.5 Å². The predicted molar refractivity (Wildman–Crippen MR) is 88.9 cm³/mol. The highest BCUT2D eigenvalue weighted by molar-refractivity contribution is 6.31. The molecule has 0 radical (unpaired) electrons. The molecule has 5 heteroatoms. The summed E-state index contributed by atoms with van der Waals surface area (Å²) in [6, 6.07) is 5.53.